The van der Waals surface area contributed by atoms with Crippen LogP contribution in [0.5, 0.6) is 0 Å². The molecular formula is C22H25N3O3. The van der Waals surface area contributed by atoms with Crippen molar-refractivity contribution in [3.63, 3.8) is 0 Å². The first-order chi connectivity index (χ1) is 13.5. The Labute approximate surface area is 164 Å². The summed E-state index contributed by atoms with van der Waals surface area (Å²) in [6.45, 7) is 3.62. The van der Waals surface area contributed by atoms with Crippen LogP contribution in [0.3, 0.4) is 0 Å². The van der Waals surface area contributed by atoms with E-state index in [1.165, 1.54) is 26.2 Å². The lowest BCUT2D eigenvalue weighted by atomic mass is 10.1. The fourth-order valence-corrected chi connectivity index (χ4v) is 3.25. The number of Topliss-reactive ketones (excluding diaryl/α,β-unsaturated/α-hetero) is 1. The largest absolute Gasteiger partial charge is 0.372 e. The van der Waals surface area contributed by atoms with Gasteiger partial charge in [0, 0.05) is 35.7 Å². The first-order valence-electron chi connectivity index (χ1n) is 9.57. The minimum atomic E-state index is -0.405. The minimum Gasteiger partial charge on any atom is -0.372 e. The van der Waals surface area contributed by atoms with Crippen LogP contribution in [0.15, 0.2) is 48.5 Å². The van der Waals surface area contributed by atoms with Gasteiger partial charge in [0.25, 0.3) is 0 Å². The average Bonchev–Trinajstić information content (AvgIpc) is 2.69. The van der Waals surface area contributed by atoms with Crippen molar-refractivity contribution in [3.05, 3.63) is 54.1 Å². The van der Waals surface area contributed by atoms with Crippen LogP contribution in [0.2, 0.25) is 0 Å². The van der Waals surface area contributed by atoms with Gasteiger partial charge in [0.1, 0.15) is 6.42 Å². The predicted octanol–water partition coefficient (Wildman–Crippen LogP) is 3.85. The number of piperidine rings is 1. The second-order valence-corrected chi connectivity index (χ2v) is 7.00. The summed E-state index contributed by atoms with van der Waals surface area (Å²) in [6, 6.07) is 14.3. The van der Waals surface area contributed by atoms with E-state index in [9.17, 15) is 14.4 Å². The third-order valence-electron chi connectivity index (χ3n) is 4.77. The van der Waals surface area contributed by atoms with Gasteiger partial charge in [-0.1, -0.05) is 0 Å². The number of nitrogens with one attached hydrogen (secondary N) is 2. The fourth-order valence-electron chi connectivity index (χ4n) is 3.25. The first kappa shape index (κ1) is 19.6. The van der Waals surface area contributed by atoms with E-state index < -0.39 is 5.91 Å². The Kier molecular flexibility index (Phi) is 6.42. The van der Waals surface area contributed by atoms with Gasteiger partial charge in [-0.2, -0.15) is 0 Å². The molecule has 2 N–H and O–H groups in total. The van der Waals surface area contributed by atoms with Crippen LogP contribution in [-0.2, 0) is 9.59 Å². The molecule has 0 unspecified atom stereocenters. The molecule has 6 nitrogen and oxygen atoms in total. The summed E-state index contributed by atoms with van der Waals surface area (Å²) in [5.41, 5.74) is 2.95. The van der Waals surface area contributed by atoms with Crippen LogP contribution in [-0.4, -0.2) is 30.7 Å². The van der Waals surface area contributed by atoms with Crippen LogP contribution in [0.25, 0.3) is 0 Å². The lowest BCUT2D eigenvalue weighted by Gasteiger charge is -2.28. The molecule has 146 valence electrons. The second-order valence-electron chi connectivity index (χ2n) is 7.00. The van der Waals surface area contributed by atoms with Crippen molar-refractivity contribution in [1.29, 1.82) is 0 Å². The summed E-state index contributed by atoms with van der Waals surface area (Å²) in [4.78, 5) is 37.8. The van der Waals surface area contributed by atoms with Crippen molar-refractivity contribution in [3.8, 4) is 0 Å². The van der Waals surface area contributed by atoms with Crippen LogP contribution < -0.4 is 15.5 Å². The summed E-state index contributed by atoms with van der Waals surface area (Å²) in [6.07, 6.45) is 3.44. The van der Waals surface area contributed by atoms with E-state index in [1.807, 2.05) is 24.3 Å². The third-order valence-corrected chi connectivity index (χ3v) is 4.77. The van der Waals surface area contributed by atoms with E-state index in [0.717, 1.165) is 18.8 Å². The average molecular weight is 379 g/mol. The topological polar surface area (TPSA) is 78.5 Å². The van der Waals surface area contributed by atoms with Crippen LogP contribution >= 0.6 is 0 Å². The predicted molar refractivity (Wildman–Crippen MR) is 111 cm³/mol. The number of carbonyl (C=O) groups is 3. The molecule has 2 amide bonds. The molecule has 0 bridgehead atoms. The Balaban J connectivity index is 1.49. The molecule has 0 aromatic heterocycles. The molecule has 0 spiro atoms. The SMILES string of the molecule is CC(=O)c1ccc(NC(=O)CC(=O)Nc2ccc(N3CCCCC3)cc2)cc1. The van der Waals surface area contributed by atoms with Gasteiger partial charge in [-0.15, -0.1) is 0 Å². The Morgan fingerprint density at radius 3 is 1.79 bits per heavy atom. The zero-order valence-corrected chi connectivity index (χ0v) is 16.0. The standard InChI is InChI=1S/C22H25N3O3/c1-16(26)17-5-7-18(8-6-17)23-21(27)15-22(28)24-19-9-11-20(12-10-19)25-13-3-2-4-14-25/h5-12H,2-4,13-15H2,1H3,(H,23,27)(H,24,28). The summed E-state index contributed by atoms with van der Waals surface area (Å²) >= 11 is 0. The maximum Gasteiger partial charge on any atom is 0.233 e. The van der Waals surface area contributed by atoms with Crippen molar-refractivity contribution < 1.29 is 14.4 Å². The molecule has 2 aromatic carbocycles. The molecule has 28 heavy (non-hydrogen) atoms. The molecule has 0 radical (unpaired) electrons. The van der Waals surface area contributed by atoms with Crippen molar-refractivity contribution in [2.24, 2.45) is 0 Å². The molecule has 0 atom stereocenters. The molecule has 1 aliphatic heterocycles. The highest BCUT2D eigenvalue weighted by Gasteiger charge is 2.13. The van der Waals surface area contributed by atoms with Crippen LogP contribution in [0.1, 0.15) is 43.0 Å². The highest BCUT2D eigenvalue weighted by atomic mass is 16.2. The number of hydrogen-bond acceptors (Lipinski definition) is 4. The van der Waals surface area contributed by atoms with Gasteiger partial charge in [-0.25, -0.2) is 0 Å². The fraction of sp³-hybridized carbons (Fsp3) is 0.318. The maximum absolute atomic E-state index is 12.1. The number of hydrogen-bond donors (Lipinski definition) is 2. The molecule has 3 rings (SSSR count). The van der Waals surface area contributed by atoms with E-state index in [-0.39, 0.29) is 18.1 Å². The van der Waals surface area contributed by atoms with Crippen molar-refractivity contribution >= 4 is 34.7 Å². The zero-order chi connectivity index (χ0) is 19.9. The molecule has 0 saturated carbocycles. The molecule has 1 fully saturated rings. The lowest BCUT2D eigenvalue weighted by molar-refractivity contribution is -0.123. The summed E-state index contributed by atoms with van der Waals surface area (Å²) < 4.78 is 0. The number of rotatable bonds is 6. The Hall–Kier alpha value is -3.15. The van der Waals surface area contributed by atoms with Gasteiger partial charge < -0.3 is 15.5 Å². The van der Waals surface area contributed by atoms with E-state index in [0.29, 0.717) is 16.9 Å². The first-order valence-corrected chi connectivity index (χ1v) is 9.57. The van der Waals surface area contributed by atoms with Crippen LogP contribution in [0.4, 0.5) is 17.1 Å². The van der Waals surface area contributed by atoms with Gasteiger partial charge in [0.15, 0.2) is 5.78 Å². The number of carbonyl (C=O) groups excluding carboxylic acids is 3. The molecule has 1 heterocycles. The quantitative estimate of drug-likeness (QED) is 0.590. The molecular weight excluding hydrogens is 354 g/mol. The number of nitrogens with zero attached hydrogens (tertiary/aromatic N) is 1. The van der Waals surface area contributed by atoms with E-state index in [4.69, 9.17) is 0 Å². The Bertz CT molecular complexity index is 838. The summed E-state index contributed by atoms with van der Waals surface area (Å²) in [7, 11) is 0. The van der Waals surface area contributed by atoms with Crippen molar-refractivity contribution in [1.82, 2.24) is 0 Å². The molecule has 0 aliphatic carbocycles. The minimum absolute atomic E-state index is 0.0384. The molecule has 2 aromatic rings. The normalized spacial score (nSPS) is 13.7. The third kappa shape index (κ3) is 5.42. The zero-order valence-electron chi connectivity index (χ0n) is 16.0. The van der Waals surface area contributed by atoms with Gasteiger partial charge in [-0.05, 0) is 74.7 Å². The van der Waals surface area contributed by atoms with E-state index >= 15 is 0 Å². The van der Waals surface area contributed by atoms with Gasteiger partial charge in [-0.3, -0.25) is 14.4 Å². The second kappa shape index (κ2) is 9.17. The smallest absolute Gasteiger partial charge is 0.233 e. The highest BCUT2D eigenvalue weighted by molar-refractivity contribution is 6.08. The van der Waals surface area contributed by atoms with E-state index in [1.54, 1.807) is 24.3 Å². The van der Waals surface area contributed by atoms with Gasteiger partial charge >= 0.3 is 0 Å². The summed E-state index contributed by atoms with van der Waals surface area (Å²) in [5, 5.41) is 5.41. The number of anilines is 3. The monoisotopic (exact) mass is 379 g/mol. The number of amides is 2. The number of ketones is 1. The van der Waals surface area contributed by atoms with Gasteiger partial charge in [0.05, 0.1) is 0 Å². The summed E-state index contributed by atoms with van der Waals surface area (Å²) in [5.74, 6) is -0.815. The molecule has 6 heteroatoms. The lowest BCUT2D eigenvalue weighted by Crippen LogP contribution is -2.29. The van der Waals surface area contributed by atoms with E-state index in [2.05, 4.69) is 15.5 Å². The number of benzene rings is 2. The molecule has 1 aliphatic rings. The highest BCUT2D eigenvalue weighted by Crippen LogP contribution is 2.22. The Morgan fingerprint density at radius 2 is 1.29 bits per heavy atom. The van der Waals surface area contributed by atoms with Crippen LogP contribution in [0, 0.1) is 0 Å². The maximum atomic E-state index is 12.1. The van der Waals surface area contributed by atoms with Gasteiger partial charge in [0.2, 0.25) is 11.8 Å². The van der Waals surface area contributed by atoms with Crippen molar-refractivity contribution in [2.75, 3.05) is 28.6 Å². The van der Waals surface area contributed by atoms with Crippen molar-refractivity contribution in [2.45, 2.75) is 32.6 Å². The Morgan fingerprint density at radius 1 is 0.786 bits per heavy atom. The molecule has 1 saturated heterocycles.